The van der Waals surface area contributed by atoms with Crippen LogP contribution in [0, 0.1) is 0 Å². The highest BCUT2D eigenvalue weighted by Crippen LogP contribution is 2.13. The zero-order chi connectivity index (χ0) is 18.2. The fraction of sp³-hybridized carbons (Fsp3) is 0.950. The number of aliphatic imine (C=N–C) groups is 1. The molecule has 0 spiro atoms. The lowest BCUT2D eigenvalue weighted by molar-refractivity contribution is 0.0263. The number of guanidine groups is 1. The van der Waals surface area contributed by atoms with Crippen molar-refractivity contribution in [2.75, 3.05) is 46.5 Å². The molecule has 0 unspecified atom stereocenters. The third kappa shape index (κ3) is 10.7. The molecular formula is C20H41N3O2. The molecule has 1 heterocycles. The van der Waals surface area contributed by atoms with E-state index >= 15 is 0 Å². The van der Waals surface area contributed by atoms with Gasteiger partial charge in [0.1, 0.15) is 0 Å². The van der Waals surface area contributed by atoms with Gasteiger partial charge in [-0.25, -0.2) is 0 Å². The lowest BCUT2D eigenvalue weighted by atomic mass is 10.1. The predicted octanol–water partition coefficient (Wildman–Crippen LogP) is 3.83. The van der Waals surface area contributed by atoms with E-state index in [0.29, 0.717) is 6.10 Å². The number of hydrogen-bond donors (Lipinski definition) is 1. The number of hydrogen-bond acceptors (Lipinski definition) is 3. The van der Waals surface area contributed by atoms with Gasteiger partial charge in [-0.05, 0) is 32.6 Å². The third-order valence-corrected chi connectivity index (χ3v) is 4.75. The lowest BCUT2D eigenvalue weighted by Crippen LogP contribution is -2.47. The Labute approximate surface area is 155 Å². The van der Waals surface area contributed by atoms with Crippen molar-refractivity contribution in [3.05, 3.63) is 0 Å². The molecule has 5 nitrogen and oxygen atoms in total. The molecule has 148 valence electrons. The topological polar surface area (TPSA) is 46.1 Å². The molecule has 1 aliphatic rings. The summed E-state index contributed by atoms with van der Waals surface area (Å²) in [6.07, 6.45) is 11.6. The van der Waals surface area contributed by atoms with Crippen LogP contribution < -0.4 is 5.32 Å². The van der Waals surface area contributed by atoms with Crippen LogP contribution in [0.15, 0.2) is 4.99 Å². The van der Waals surface area contributed by atoms with Gasteiger partial charge in [0.2, 0.25) is 0 Å². The smallest absolute Gasteiger partial charge is 0.193 e. The van der Waals surface area contributed by atoms with Gasteiger partial charge in [0.25, 0.3) is 0 Å². The number of rotatable bonds is 13. The molecule has 1 fully saturated rings. The van der Waals surface area contributed by atoms with E-state index in [-0.39, 0.29) is 0 Å². The Hall–Kier alpha value is -0.810. The van der Waals surface area contributed by atoms with Gasteiger partial charge in [0.05, 0.1) is 6.10 Å². The van der Waals surface area contributed by atoms with Gasteiger partial charge >= 0.3 is 0 Å². The van der Waals surface area contributed by atoms with Crippen molar-refractivity contribution < 1.29 is 9.47 Å². The van der Waals surface area contributed by atoms with Gasteiger partial charge < -0.3 is 19.7 Å². The number of unbranched alkanes of at least 4 members (excludes halogenated alkanes) is 5. The largest absolute Gasteiger partial charge is 0.381 e. The molecule has 1 saturated heterocycles. The summed E-state index contributed by atoms with van der Waals surface area (Å²) < 4.78 is 11.4. The van der Waals surface area contributed by atoms with E-state index < -0.39 is 0 Å². The summed E-state index contributed by atoms with van der Waals surface area (Å²) >= 11 is 0. The summed E-state index contributed by atoms with van der Waals surface area (Å²) in [5.41, 5.74) is 0. The molecule has 25 heavy (non-hydrogen) atoms. The Morgan fingerprint density at radius 2 is 1.68 bits per heavy atom. The van der Waals surface area contributed by atoms with Crippen LogP contribution >= 0.6 is 0 Å². The van der Waals surface area contributed by atoms with Gasteiger partial charge in [0, 0.05) is 46.5 Å². The van der Waals surface area contributed by atoms with Crippen LogP contribution in [0.5, 0.6) is 0 Å². The fourth-order valence-corrected chi connectivity index (χ4v) is 3.26. The second-order valence-electron chi connectivity index (χ2n) is 6.85. The van der Waals surface area contributed by atoms with E-state index in [1.165, 1.54) is 38.5 Å². The maximum atomic E-state index is 5.73. The van der Waals surface area contributed by atoms with Crippen LogP contribution in [-0.4, -0.2) is 63.5 Å². The molecule has 0 aromatic carbocycles. The number of likely N-dealkylation sites (tertiary alicyclic amines) is 1. The highest BCUT2D eigenvalue weighted by molar-refractivity contribution is 5.79. The maximum Gasteiger partial charge on any atom is 0.193 e. The van der Waals surface area contributed by atoms with Crippen LogP contribution in [0.3, 0.4) is 0 Å². The summed E-state index contributed by atoms with van der Waals surface area (Å²) in [4.78, 5) is 6.76. The van der Waals surface area contributed by atoms with Crippen molar-refractivity contribution in [3.8, 4) is 0 Å². The average molecular weight is 356 g/mol. The van der Waals surface area contributed by atoms with E-state index in [4.69, 9.17) is 9.47 Å². The van der Waals surface area contributed by atoms with E-state index in [1.807, 2.05) is 7.05 Å². The van der Waals surface area contributed by atoms with Gasteiger partial charge in [-0.3, -0.25) is 4.99 Å². The summed E-state index contributed by atoms with van der Waals surface area (Å²) in [7, 11) is 1.87. The van der Waals surface area contributed by atoms with Gasteiger partial charge in [-0.1, -0.05) is 39.0 Å². The van der Waals surface area contributed by atoms with E-state index in [0.717, 1.165) is 64.7 Å². The molecular weight excluding hydrogens is 314 g/mol. The van der Waals surface area contributed by atoms with E-state index in [1.54, 1.807) is 0 Å². The van der Waals surface area contributed by atoms with Crippen molar-refractivity contribution in [1.29, 1.82) is 0 Å². The van der Waals surface area contributed by atoms with Crippen molar-refractivity contribution in [2.24, 2.45) is 4.99 Å². The SMILES string of the molecule is CCCCCCCCOCCCNC(=NC)N1CCC(OCC)CC1. The van der Waals surface area contributed by atoms with Gasteiger partial charge in [-0.15, -0.1) is 0 Å². The first-order chi connectivity index (χ1) is 12.3. The molecule has 0 atom stereocenters. The zero-order valence-electron chi connectivity index (χ0n) is 16.9. The molecule has 1 N–H and O–H groups in total. The summed E-state index contributed by atoms with van der Waals surface area (Å²) in [5.74, 6) is 1.02. The van der Waals surface area contributed by atoms with E-state index in [9.17, 15) is 0 Å². The molecule has 0 radical (unpaired) electrons. The lowest BCUT2D eigenvalue weighted by Gasteiger charge is -2.34. The molecule has 0 amide bonds. The number of ether oxygens (including phenoxy) is 2. The van der Waals surface area contributed by atoms with Crippen LogP contribution in [0.1, 0.15) is 71.6 Å². The molecule has 0 bridgehead atoms. The van der Waals surface area contributed by atoms with E-state index in [2.05, 4.69) is 29.1 Å². The van der Waals surface area contributed by atoms with Crippen LogP contribution in [-0.2, 0) is 9.47 Å². The maximum absolute atomic E-state index is 5.73. The minimum absolute atomic E-state index is 0.426. The Morgan fingerprint density at radius 1 is 1.00 bits per heavy atom. The number of nitrogens with one attached hydrogen (secondary N) is 1. The zero-order valence-corrected chi connectivity index (χ0v) is 16.9. The second-order valence-corrected chi connectivity index (χ2v) is 6.85. The summed E-state index contributed by atoms with van der Waals surface area (Å²) in [5, 5.41) is 3.47. The first-order valence-corrected chi connectivity index (χ1v) is 10.5. The number of piperidine rings is 1. The van der Waals surface area contributed by atoms with Crippen molar-refractivity contribution >= 4 is 5.96 Å². The summed E-state index contributed by atoms with van der Waals surface area (Å²) in [6.45, 7) is 9.87. The normalized spacial score (nSPS) is 16.4. The standard InChI is InChI=1S/C20H41N3O2/c1-4-6-7-8-9-10-17-24-18-11-14-22-20(21-3)23-15-12-19(13-16-23)25-5-2/h19H,4-18H2,1-3H3,(H,21,22). The van der Waals surface area contributed by atoms with Crippen molar-refractivity contribution in [3.63, 3.8) is 0 Å². The highest BCUT2D eigenvalue weighted by Gasteiger charge is 2.21. The molecule has 0 aromatic rings. The minimum atomic E-state index is 0.426. The molecule has 1 aliphatic heterocycles. The minimum Gasteiger partial charge on any atom is -0.381 e. The molecule has 0 aliphatic carbocycles. The van der Waals surface area contributed by atoms with Crippen LogP contribution in [0.2, 0.25) is 0 Å². The second kappa shape index (κ2) is 15.4. The first kappa shape index (κ1) is 22.2. The van der Waals surface area contributed by atoms with Gasteiger partial charge in [-0.2, -0.15) is 0 Å². The third-order valence-electron chi connectivity index (χ3n) is 4.75. The van der Waals surface area contributed by atoms with Crippen LogP contribution in [0.4, 0.5) is 0 Å². The number of nitrogens with zero attached hydrogens (tertiary/aromatic N) is 2. The Balaban J connectivity index is 1.97. The van der Waals surface area contributed by atoms with Crippen molar-refractivity contribution in [1.82, 2.24) is 10.2 Å². The monoisotopic (exact) mass is 355 g/mol. The summed E-state index contributed by atoms with van der Waals surface area (Å²) in [6, 6.07) is 0. The molecule has 5 heteroatoms. The van der Waals surface area contributed by atoms with Crippen LogP contribution in [0.25, 0.3) is 0 Å². The molecule has 1 rings (SSSR count). The Morgan fingerprint density at radius 3 is 2.36 bits per heavy atom. The average Bonchev–Trinajstić information content (AvgIpc) is 2.64. The van der Waals surface area contributed by atoms with Crippen molar-refractivity contribution in [2.45, 2.75) is 77.7 Å². The molecule has 0 aromatic heterocycles. The predicted molar refractivity (Wildman–Crippen MR) is 106 cm³/mol. The van der Waals surface area contributed by atoms with Gasteiger partial charge in [0.15, 0.2) is 5.96 Å². The Kier molecular flexibility index (Phi) is 13.7. The Bertz CT molecular complexity index is 329. The highest BCUT2D eigenvalue weighted by atomic mass is 16.5. The first-order valence-electron chi connectivity index (χ1n) is 10.5. The fourth-order valence-electron chi connectivity index (χ4n) is 3.26. The molecule has 0 saturated carbocycles. The quantitative estimate of drug-likeness (QED) is 0.310.